The number of methoxy groups -OCH3 is 2. The van der Waals surface area contributed by atoms with Gasteiger partial charge in [-0.25, -0.2) is 4.98 Å². The van der Waals surface area contributed by atoms with Gasteiger partial charge in [-0.2, -0.15) is 0 Å². The highest BCUT2D eigenvalue weighted by Crippen LogP contribution is 2.39. The Hall–Kier alpha value is -2.64. The predicted octanol–water partition coefficient (Wildman–Crippen LogP) is 4.86. The second-order valence-electron chi connectivity index (χ2n) is 8.92. The zero-order valence-electron chi connectivity index (χ0n) is 19.3. The molecule has 0 spiro atoms. The molecule has 2 aliphatic heterocycles. The molecule has 0 N–H and O–H groups in total. The van der Waals surface area contributed by atoms with E-state index >= 15 is 0 Å². The minimum absolute atomic E-state index is 0.0443. The lowest BCUT2D eigenvalue weighted by molar-refractivity contribution is -0.133. The fraction of sp³-hybridized carbons (Fsp3) is 0.462. The fourth-order valence-electron chi connectivity index (χ4n) is 5.17. The Balaban J connectivity index is 1.22. The van der Waals surface area contributed by atoms with Gasteiger partial charge in [-0.3, -0.25) is 9.69 Å². The summed E-state index contributed by atoms with van der Waals surface area (Å²) in [6, 6.07) is 14.3. The largest absolute Gasteiger partial charge is 0.497 e. The van der Waals surface area contributed by atoms with Crippen molar-refractivity contribution in [3.8, 4) is 11.5 Å². The summed E-state index contributed by atoms with van der Waals surface area (Å²) < 4.78 is 12.3. The maximum Gasteiger partial charge on any atom is 0.237 e. The van der Waals surface area contributed by atoms with Gasteiger partial charge in [0.2, 0.25) is 5.91 Å². The molecular weight excluding hydrogens is 434 g/mol. The molecule has 3 heterocycles. The van der Waals surface area contributed by atoms with Gasteiger partial charge in [0.15, 0.2) is 0 Å². The number of carbonyl (C=O) groups excluding carboxylic acids is 1. The van der Waals surface area contributed by atoms with Gasteiger partial charge >= 0.3 is 0 Å². The number of ether oxygens (including phenoxy) is 2. The van der Waals surface area contributed by atoms with Crippen molar-refractivity contribution in [3.05, 3.63) is 53.0 Å². The molecule has 0 saturated carbocycles. The molecule has 6 nitrogen and oxygen atoms in total. The lowest BCUT2D eigenvalue weighted by Crippen LogP contribution is -2.43. The van der Waals surface area contributed by atoms with Crippen LogP contribution >= 0.6 is 11.3 Å². The first-order valence-corrected chi connectivity index (χ1v) is 12.6. The van der Waals surface area contributed by atoms with Crippen LogP contribution in [0.5, 0.6) is 11.5 Å². The number of thiazole rings is 1. The molecule has 2 fully saturated rings. The zero-order valence-corrected chi connectivity index (χ0v) is 20.1. The normalized spacial score (nSPS) is 19.8. The Kier molecular flexibility index (Phi) is 6.51. The molecule has 3 aromatic rings. The molecule has 7 heteroatoms. The Morgan fingerprint density at radius 1 is 1.06 bits per heavy atom. The number of amides is 1. The van der Waals surface area contributed by atoms with Crippen LogP contribution in [0.3, 0.4) is 0 Å². The van der Waals surface area contributed by atoms with E-state index in [0.29, 0.717) is 12.5 Å². The third-order valence-electron chi connectivity index (χ3n) is 6.98. The molecule has 2 aliphatic rings. The molecule has 33 heavy (non-hydrogen) atoms. The van der Waals surface area contributed by atoms with Crippen molar-refractivity contribution in [3.63, 3.8) is 0 Å². The number of hydrogen-bond donors (Lipinski definition) is 0. The van der Waals surface area contributed by atoms with Crippen molar-refractivity contribution in [2.75, 3.05) is 40.4 Å². The fourth-order valence-corrected chi connectivity index (χ4v) is 6.31. The average molecular weight is 466 g/mol. The first-order chi connectivity index (χ1) is 16.2. The summed E-state index contributed by atoms with van der Waals surface area (Å²) in [5, 5.41) is 1.24. The molecule has 1 amide bonds. The van der Waals surface area contributed by atoms with Crippen LogP contribution in [-0.4, -0.2) is 61.1 Å². The number of nitrogens with zero attached hydrogens (tertiary/aromatic N) is 3. The molecular formula is C26H31N3O3S. The van der Waals surface area contributed by atoms with Gasteiger partial charge in [-0.1, -0.05) is 12.1 Å². The molecule has 5 rings (SSSR count). The number of hydrogen-bond acceptors (Lipinski definition) is 6. The molecule has 2 aromatic carbocycles. The number of para-hydroxylation sites is 1. The number of rotatable bonds is 6. The predicted molar refractivity (Wildman–Crippen MR) is 131 cm³/mol. The molecule has 2 saturated heterocycles. The van der Waals surface area contributed by atoms with Crippen LogP contribution in [-0.2, 0) is 4.79 Å². The van der Waals surface area contributed by atoms with E-state index in [4.69, 9.17) is 14.5 Å². The van der Waals surface area contributed by atoms with Crippen molar-refractivity contribution in [1.82, 2.24) is 14.8 Å². The van der Waals surface area contributed by atoms with Crippen LogP contribution in [0.2, 0.25) is 0 Å². The highest BCUT2D eigenvalue weighted by atomic mass is 32.1. The van der Waals surface area contributed by atoms with Crippen LogP contribution in [0.15, 0.2) is 42.5 Å². The second kappa shape index (κ2) is 9.69. The van der Waals surface area contributed by atoms with Gasteiger partial charge < -0.3 is 14.4 Å². The van der Waals surface area contributed by atoms with Crippen LogP contribution in [0.4, 0.5) is 0 Å². The lowest BCUT2D eigenvalue weighted by atomic mass is 9.97. The van der Waals surface area contributed by atoms with Gasteiger partial charge in [0.25, 0.3) is 0 Å². The quantitative estimate of drug-likeness (QED) is 0.521. The van der Waals surface area contributed by atoms with Gasteiger partial charge in [0, 0.05) is 18.0 Å². The van der Waals surface area contributed by atoms with Gasteiger partial charge in [-0.15, -0.1) is 11.3 Å². The Bertz CT molecular complexity index is 1090. The number of benzene rings is 2. The third kappa shape index (κ3) is 4.57. The number of carbonyl (C=O) groups is 1. The van der Waals surface area contributed by atoms with Crippen LogP contribution < -0.4 is 9.47 Å². The van der Waals surface area contributed by atoms with E-state index in [0.717, 1.165) is 67.9 Å². The van der Waals surface area contributed by atoms with Crippen LogP contribution in [0.1, 0.15) is 48.2 Å². The maximum atomic E-state index is 13.3. The highest BCUT2D eigenvalue weighted by molar-refractivity contribution is 7.18. The molecule has 0 radical (unpaired) electrons. The first kappa shape index (κ1) is 22.2. The Morgan fingerprint density at radius 2 is 1.88 bits per heavy atom. The SMILES string of the molecule is COc1ccc(OC)c([C@H]2CCCN2C(=O)CN2CCC(c3nc4ccccc4s3)CC2)c1. The molecule has 1 atom stereocenters. The van der Waals surface area contributed by atoms with Gasteiger partial charge in [0.05, 0.1) is 42.0 Å². The van der Waals surface area contributed by atoms with Gasteiger partial charge in [0.1, 0.15) is 11.5 Å². The van der Waals surface area contributed by atoms with E-state index in [9.17, 15) is 4.79 Å². The van der Waals surface area contributed by atoms with Gasteiger partial charge in [-0.05, 0) is 69.1 Å². The summed E-state index contributed by atoms with van der Waals surface area (Å²) in [4.78, 5) is 22.5. The summed E-state index contributed by atoms with van der Waals surface area (Å²) in [5.74, 6) is 2.31. The van der Waals surface area contributed by atoms with E-state index in [-0.39, 0.29) is 11.9 Å². The lowest BCUT2D eigenvalue weighted by Gasteiger charge is -2.33. The van der Waals surface area contributed by atoms with Crippen molar-refractivity contribution in [1.29, 1.82) is 0 Å². The van der Waals surface area contributed by atoms with E-state index in [1.54, 1.807) is 14.2 Å². The second-order valence-corrected chi connectivity index (χ2v) is 9.99. The molecule has 174 valence electrons. The van der Waals surface area contributed by atoms with Crippen molar-refractivity contribution >= 4 is 27.5 Å². The third-order valence-corrected chi connectivity index (χ3v) is 8.17. The number of aromatic nitrogens is 1. The van der Waals surface area contributed by atoms with Crippen LogP contribution in [0.25, 0.3) is 10.2 Å². The number of likely N-dealkylation sites (tertiary alicyclic amines) is 2. The van der Waals surface area contributed by atoms with E-state index in [2.05, 4.69) is 23.1 Å². The van der Waals surface area contributed by atoms with Crippen molar-refractivity contribution in [2.45, 2.75) is 37.6 Å². The molecule has 0 bridgehead atoms. The van der Waals surface area contributed by atoms with E-state index in [1.807, 2.05) is 40.5 Å². The number of piperidine rings is 1. The molecule has 1 aromatic heterocycles. The standard InChI is InChI=1S/C26H31N3O3S/c1-31-19-9-10-23(32-2)20(16-19)22-7-5-13-29(22)25(30)17-28-14-11-18(12-15-28)26-27-21-6-3-4-8-24(21)33-26/h3-4,6,8-10,16,18,22H,5,7,11-15,17H2,1-2H3/t22-/m1/s1. The molecule has 0 unspecified atom stereocenters. The Labute approximate surface area is 199 Å². The summed E-state index contributed by atoms with van der Waals surface area (Å²) in [6.07, 6.45) is 4.08. The molecule has 0 aliphatic carbocycles. The monoisotopic (exact) mass is 465 g/mol. The first-order valence-electron chi connectivity index (χ1n) is 11.8. The summed E-state index contributed by atoms with van der Waals surface area (Å²) in [7, 11) is 3.35. The zero-order chi connectivity index (χ0) is 22.8. The Morgan fingerprint density at radius 3 is 2.64 bits per heavy atom. The van der Waals surface area contributed by atoms with Crippen LogP contribution in [0, 0.1) is 0 Å². The topological polar surface area (TPSA) is 54.9 Å². The smallest absolute Gasteiger partial charge is 0.237 e. The maximum absolute atomic E-state index is 13.3. The highest BCUT2D eigenvalue weighted by Gasteiger charge is 2.33. The van der Waals surface area contributed by atoms with E-state index < -0.39 is 0 Å². The van der Waals surface area contributed by atoms with E-state index in [1.165, 1.54) is 9.71 Å². The van der Waals surface area contributed by atoms with Crippen molar-refractivity contribution < 1.29 is 14.3 Å². The number of fused-ring (bicyclic) bond motifs is 1. The summed E-state index contributed by atoms with van der Waals surface area (Å²) in [5.41, 5.74) is 2.14. The van der Waals surface area contributed by atoms with Crippen molar-refractivity contribution in [2.24, 2.45) is 0 Å². The minimum Gasteiger partial charge on any atom is -0.497 e. The summed E-state index contributed by atoms with van der Waals surface area (Å²) in [6.45, 7) is 3.15. The average Bonchev–Trinajstić information content (AvgIpc) is 3.51. The summed E-state index contributed by atoms with van der Waals surface area (Å²) >= 11 is 1.82. The minimum atomic E-state index is 0.0443.